The zero-order chi connectivity index (χ0) is 19.7. The highest BCUT2D eigenvalue weighted by atomic mass is 16.6. The maximum absolute atomic E-state index is 12.7. The molecule has 0 saturated carbocycles. The van der Waals surface area contributed by atoms with Crippen molar-refractivity contribution in [3.8, 4) is 11.8 Å². The van der Waals surface area contributed by atoms with Crippen LogP contribution in [0.2, 0.25) is 0 Å². The molecule has 8 heteroatoms. The van der Waals surface area contributed by atoms with Crippen molar-refractivity contribution in [2.24, 2.45) is 5.92 Å². The van der Waals surface area contributed by atoms with Gasteiger partial charge in [0.15, 0.2) is 5.82 Å². The predicted octanol–water partition coefficient (Wildman–Crippen LogP) is 2.64. The van der Waals surface area contributed by atoms with E-state index in [1.807, 2.05) is 0 Å². The Morgan fingerprint density at radius 3 is 2.57 bits per heavy atom. The third-order valence-corrected chi connectivity index (χ3v) is 5.58. The van der Waals surface area contributed by atoms with E-state index in [9.17, 15) is 9.59 Å². The van der Waals surface area contributed by atoms with Crippen LogP contribution in [-0.4, -0.2) is 46.9 Å². The van der Waals surface area contributed by atoms with Gasteiger partial charge in [-0.2, -0.15) is 4.98 Å². The highest BCUT2D eigenvalue weighted by Gasteiger charge is 2.40. The van der Waals surface area contributed by atoms with Gasteiger partial charge in [0.2, 0.25) is 5.91 Å². The van der Waals surface area contributed by atoms with Gasteiger partial charge >= 0.3 is 6.08 Å². The van der Waals surface area contributed by atoms with Crippen LogP contribution in [-0.2, 0) is 4.79 Å². The Morgan fingerprint density at radius 2 is 1.93 bits per heavy atom. The fourth-order valence-electron chi connectivity index (χ4n) is 4.10. The lowest BCUT2D eigenvalue weighted by Crippen LogP contribution is -2.62. The van der Waals surface area contributed by atoms with Crippen LogP contribution < -0.4 is 15.4 Å². The molecule has 2 atom stereocenters. The number of piperidine rings is 3. The monoisotopic (exact) mass is 384 g/mol. The third-order valence-electron chi connectivity index (χ3n) is 5.58. The summed E-state index contributed by atoms with van der Waals surface area (Å²) in [5.41, 5.74) is 0.585. The average molecular weight is 384 g/mol. The van der Waals surface area contributed by atoms with Crippen LogP contribution in [0.4, 0.5) is 5.82 Å². The first kappa shape index (κ1) is 18.5. The highest BCUT2D eigenvalue weighted by Crippen LogP contribution is 2.32. The maximum atomic E-state index is 12.7. The van der Waals surface area contributed by atoms with Gasteiger partial charge in [0, 0.05) is 24.6 Å². The minimum atomic E-state index is -0.243. The first-order valence-electron chi connectivity index (χ1n) is 9.55. The van der Waals surface area contributed by atoms with Crippen molar-refractivity contribution in [3.05, 3.63) is 36.1 Å². The lowest BCUT2D eigenvalue weighted by Gasteiger charge is -2.49. The summed E-state index contributed by atoms with van der Waals surface area (Å²) in [4.78, 5) is 30.1. The van der Waals surface area contributed by atoms with Gasteiger partial charge in [-0.25, -0.2) is 0 Å². The van der Waals surface area contributed by atoms with Crippen molar-refractivity contribution in [1.29, 1.82) is 0 Å². The molecule has 0 radical (unpaired) electrons. The standard InChI is InChI=1S/C20H24N4O4/c1-12-18(14-7-9-24(12)10-8-14)23-19(26)15-3-5-16(6-4-15)28-20-22-17(11-27-20)21-13(2)25/h3-6,11-12,14,18H,7-10H2,1-2H3,(H,21,25)(H,23,26)/t12-,18+/m1/s1. The van der Waals surface area contributed by atoms with Gasteiger partial charge in [-0.05, 0) is 63.0 Å². The van der Waals surface area contributed by atoms with Crippen LogP contribution in [0, 0.1) is 5.92 Å². The summed E-state index contributed by atoms with van der Waals surface area (Å²) >= 11 is 0. The number of hydrogen-bond donors (Lipinski definition) is 2. The second kappa shape index (κ2) is 7.63. The molecule has 1 aromatic heterocycles. The number of amides is 2. The highest BCUT2D eigenvalue weighted by molar-refractivity contribution is 5.94. The molecule has 2 aromatic rings. The predicted molar refractivity (Wildman–Crippen MR) is 102 cm³/mol. The fourth-order valence-corrected chi connectivity index (χ4v) is 4.10. The Balaban J connectivity index is 1.37. The Kier molecular flexibility index (Phi) is 5.04. The fraction of sp³-hybridized carbons (Fsp3) is 0.450. The zero-order valence-electron chi connectivity index (χ0n) is 16.0. The van der Waals surface area contributed by atoms with Crippen molar-refractivity contribution in [2.45, 2.75) is 38.8 Å². The molecule has 0 aliphatic carbocycles. The number of carbonyl (C=O) groups is 2. The molecule has 2 N–H and O–H groups in total. The van der Waals surface area contributed by atoms with Crippen LogP contribution in [0.15, 0.2) is 34.9 Å². The number of oxazole rings is 1. The minimum absolute atomic E-state index is 0.0158. The molecule has 3 aliphatic heterocycles. The summed E-state index contributed by atoms with van der Waals surface area (Å²) in [5.74, 6) is 1.03. The van der Waals surface area contributed by atoms with E-state index in [0.717, 1.165) is 25.9 Å². The van der Waals surface area contributed by atoms with Crippen molar-refractivity contribution in [1.82, 2.24) is 15.2 Å². The van der Waals surface area contributed by atoms with Gasteiger partial charge in [-0.1, -0.05) is 0 Å². The van der Waals surface area contributed by atoms with E-state index in [1.165, 1.54) is 13.2 Å². The van der Waals surface area contributed by atoms with E-state index >= 15 is 0 Å². The van der Waals surface area contributed by atoms with Crippen molar-refractivity contribution < 1.29 is 18.7 Å². The smallest absolute Gasteiger partial charge is 0.401 e. The first-order valence-corrected chi connectivity index (χ1v) is 9.55. The molecule has 5 rings (SSSR count). The molecule has 0 spiro atoms. The van der Waals surface area contributed by atoms with Gasteiger partial charge < -0.3 is 19.8 Å². The minimum Gasteiger partial charge on any atom is -0.415 e. The zero-order valence-corrected chi connectivity index (χ0v) is 16.0. The second-order valence-electron chi connectivity index (χ2n) is 7.42. The van der Waals surface area contributed by atoms with E-state index in [1.54, 1.807) is 24.3 Å². The summed E-state index contributed by atoms with van der Waals surface area (Å²) in [6.07, 6.45) is 3.62. The molecule has 1 aromatic carbocycles. The summed E-state index contributed by atoms with van der Waals surface area (Å²) in [6, 6.07) is 7.39. The van der Waals surface area contributed by atoms with Gasteiger partial charge in [-0.3, -0.25) is 14.5 Å². The molecule has 148 valence electrons. The number of aromatic nitrogens is 1. The molecule has 3 fully saturated rings. The van der Waals surface area contributed by atoms with Gasteiger partial charge in [0.25, 0.3) is 5.91 Å². The number of anilines is 1. The molecule has 0 unspecified atom stereocenters. The number of ether oxygens (including phenoxy) is 1. The maximum Gasteiger partial charge on any atom is 0.401 e. The quantitative estimate of drug-likeness (QED) is 0.823. The van der Waals surface area contributed by atoms with Crippen LogP contribution in [0.1, 0.15) is 37.0 Å². The lowest BCUT2D eigenvalue weighted by molar-refractivity contribution is -0.114. The van der Waals surface area contributed by atoms with Gasteiger partial charge in [0.1, 0.15) is 12.0 Å². The number of carbonyl (C=O) groups excluding carboxylic acids is 2. The summed E-state index contributed by atoms with van der Waals surface area (Å²) < 4.78 is 10.7. The van der Waals surface area contributed by atoms with Crippen molar-refractivity contribution in [2.75, 3.05) is 18.4 Å². The number of hydrogen-bond acceptors (Lipinski definition) is 6. The molecular weight excluding hydrogens is 360 g/mol. The Hall–Kier alpha value is -2.87. The van der Waals surface area contributed by atoms with Gasteiger partial charge in [0.05, 0.1) is 0 Å². The molecule has 3 saturated heterocycles. The van der Waals surface area contributed by atoms with Crippen LogP contribution in [0.25, 0.3) is 0 Å². The largest absolute Gasteiger partial charge is 0.415 e. The van der Waals surface area contributed by atoms with Crippen molar-refractivity contribution in [3.63, 3.8) is 0 Å². The molecule has 2 amide bonds. The first-order chi connectivity index (χ1) is 13.5. The lowest BCUT2D eigenvalue weighted by atomic mass is 9.79. The number of fused-ring (bicyclic) bond motifs is 3. The Morgan fingerprint density at radius 1 is 1.21 bits per heavy atom. The van der Waals surface area contributed by atoms with E-state index < -0.39 is 0 Å². The summed E-state index contributed by atoms with van der Waals surface area (Å²) in [5, 5.41) is 5.72. The molecule has 8 nitrogen and oxygen atoms in total. The molecular formula is C20H24N4O4. The average Bonchev–Trinajstić information content (AvgIpc) is 3.11. The second-order valence-corrected chi connectivity index (χ2v) is 7.42. The summed E-state index contributed by atoms with van der Waals surface area (Å²) in [6.45, 7) is 5.84. The molecule has 28 heavy (non-hydrogen) atoms. The van der Waals surface area contributed by atoms with E-state index in [-0.39, 0.29) is 29.8 Å². The Labute approximate surface area is 163 Å². The summed E-state index contributed by atoms with van der Waals surface area (Å²) in [7, 11) is 0. The van der Waals surface area contributed by atoms with Crippen molar-refractivity contribution >= 4 is 17.6 Å². The van der Waals surface area contributed by atoms with E-state index in [4.69, 9.17) is 9.15 Å². The normalized spacial score (nSPS) is 25.9. The van der Waals surface area contributed by atoms with Gasteiger partial charge in [-0.15, -0.1) is 0 Å². The number of rotatable bonds is 5. The number of nitrogens with zero attached hydrogens (tertiary/aromatic N) is 2. The molecule has 3 aliphatic rings. The number of benzene rings is 1. The molecule has 4 heterocycles. The van der Waals surface area contributed by atoms with E-state index in [0.29, 0.717) is 23.3 Å². The SMILES string of the molecule is CC(=O)Nc1coc(Oc2ccc(C(=O)N[C@@H]3C4CCN(CC4)[C@@H]3C)cc2)n1. The number of nitrogens with one attached hydrogen (secondary N) is 2. The molecule has 2 bridgehead atoms. The van der Waals surface area contributed by atoms with Crippen LogP contribution in [0.3, 0.4) is 0 Å². The third kappa shape index (κ3) is 3.87. The van der Waals surface area contributed by atoms with Crippen LogP contribution in [0.5, 0.6) is 11.8 Å². The van der Waals surface area contributed by atoms with E-state index in [2.05, 4.69) is 27.4 Å². The van der Waals surface area contributed by atoms with Crippen LogP contribution >= 0.6 is 0 Å². The Bertz CT molecular complexity index is 853. The topological polar surface area (TPSA) is 96.7 Å².